The van der Waals surface area contributed by atoms with Crippen molar-refractivity contribution >= 4 is 0 Å². The highest BCUT2D eigenvalue weighted by atomic mass is 14.9. The fourth-order valence-electron chi connectivity index (χ4n) is 4.23. The summed E-state index contributed by atoms with van der Waals surface area (Å²) in [7, 11) is 0. The number of fused-ring (bicyclic) bond motifs is 5. The van der Waals surface area contributed by atoms with Crippen molar-refractivity contribution in [3.8, 4) is 22.5 Å². The average Bonchev–Trinajstić information content (AvgIpc) is 2.72. The van der Waals surface area contributed by atoms with Crippen molar-refractivity contribution in [3.05, 3.63) is 106 Å². The fraction of sp³-hybridized carbons (Fsp3) is 0.154. The summed E-state index contributed by atoms with van der Waals surface area (Å²) in [6.45, 7) is 4.25. The number of aromatic nitrogens is 2. The third-order valence-corrected chi connectivity index (χ3v) is 5.38. The highest BCUT2D eigenvalue weighted by Gasteiger charge is 2.16. The first-order chi connectivity index (χ1) is 13.7. The lowest BCUT2D eigenvalue weighted by Crippen LogP contribution is -2.02. The van der Waals surface area contributed by atoms with E-state index in [-0.39, 0.29) is 0 Å². The van der Waals surface area contributed by atoms with Gasteiger partial charge in [-0.05, 0) is 54.3 Å². The third kappa shape index (κ3) is 3.11. The Morgan fingerprint density at radius 3 is 1.64 bits per heavy atom. The standard InChI is InChI=1S/C26H22N2/c1-17-11-18(2)13-21(12-17)26-27-22-14-19-7-3-5-9-24(19)25-10-6-4-8-20(25)15-23(16-22)28-26/h3-13,16H,14-15H2,1-2H3. The lowest BCUT2D eigenvalue weighted by atomic mass is 9.93. The molecule has 0 saturated carbocycles. The van der Waals surface area contributed by atoms with Crippen LogP contribution in [0.15, 0.2) is 72.8 Å². The summed E-state index contributed by atoms with van der Waals surface area (Å²) in [5.74, 6) is 0.830. The number of nitrogens with zero attached hydrogens (tertiary/aromatic N) is 2. The van der Waals surface area contributed by atoms with E-state index in [2.05, 4.69) is 86.6 Å². The molecule has 0 spiro atoms. The molecule has 2 bridgehead atoms. The first-order valence-electron chi connectivity index (χ1n) is 9.77. The van der Waals surface area contributed by atoms with E-state index in [1.165, 1.54) is 33.4 Å². The van der Waals surface area contributed by atoms with Crippen LogP contribution in [-0.4, -0.2) is 9.97 Å². The van der Waals surface area contributed by atoms with Gasteiger partial charge in [-0.15, -0.1) is 0 Å². The molecule has 0 fully saturated rings. The minimum absolute atomic E-state index is 0.817. The van der Waals surface area contributed by atoms with Crippen molar-refractivity contribution in [2.45, 2.75) is 26.7 Å². The van der Waals surface area contributed by atoms with Gasteiger partial charge in [0.2, 0.25) is 0 Å². The van der Waals surface area contributed by atoms with E-state index < -0.39 is 0 Å². The van der Waals surface area contributed by atoms with E-state index in [4.69, 9.17) is 9.97 Å². The second-order valence-corrected chi connectivity index (χ2v) is 7.72. The fourth-order valence-corrected chi connectivity index (χ4v) is 4.23. The van der Waals surface area contributed by atoms with Crippen LogP contribution in [0.1, 0.15) is 33.6 Å². The van der Waals surface area contributed by atoms with Gasteiger partial charge in [0.25, 0.3) is 0 Å². The molecule has 136 valence electrons. The van der Waals surface area contributed by atoms with Gasteiger partial charge in [0, 0.05) is 29.8 Å². The molecule has 0 aliphatic heterocycles. The lowest BCUT2D eigenvalue weighted by Gasteiger charge is -2.11. The summed E-state index contributed by atoms with van der Waals surface area (Å²) >= 11 is 0. The quantitative estimate of drug-likeness (QED) is 0.370. The molecule has 4 aromatic rings. The molecule has 1 heterocycles. The molecule has 1 aliphatic rings. The summed E-state index contributed by atoms with van der Waals surface area (Å²) in [4.78, 5) is 9.90. The molecule has 0 atom stereocenters. The molecule has 0 unspecified atom stereocenters. The van der Waals surface area contributed by atoms with Crippen LogP contribution in [0.4, 0.5) is 0 Å². The van der Waals surface area contributed by atoms with E-state index in [0.29, 0.717) is 0 Å². The van der Waals surface area contributed by atoms with Gasteiger partial charge in [0.1, 0.15) is 0 Å². The van der Waals surface area contributed by atoms with Crippen LogP contribution in [0, 0.1) is 13.8 Å². The maximum Gasteiger partial charge on any atom is 0.159 e. The summed E-state index contributed by atoms with van der Waals surface area (Å²) in [5.41, 5.74) is 11.0. The molecular weight excluding hydrogens is 340 g/mol. The van der Waals surface area contributed by atoms with Crippen LogP contribution >= 0.6 is 0 Å². The maximum atomic E-state index is 4.95. The Kier molecular flexibility index (Phi) is 4.05. The molecular formula is C26H22N2. The summed E-state index contributed by atoms with van der Waals surface area (Å²) < 4.78 is 0. The largest absolute Gasteiger partial charge is 0.233 e. The normalized spacial score (nSPS) is 12.4. The van der Waals surface area contributed by atoms with Gasteiger partial charge in [-0.2, -0.15) is 0 Å². The SMILES string of the molecule is Cc1cc(C)cc(-c2nc3cc(n2)Cc2ccccc2-c2ccccc2C3)c1. The van der Waals surface area contributed by atoms with Gasteiger partial charge in [-0.3, -0.25) is 0 Å². The van der Waals surface area contributed by atoms with E-state index in [0.717, 1.165) is 35.6 Å². The number of benzene rings is 3. The molecule has 0 radical (unpaired) electrons. The van der Waals surface area contributed by atoms with Gasteiger partial charge in [-0.1, -0.05) is 65.7 Å². The zero-order chi connectivity index (χ0) is 19.1. The van der Waals surface area contributed by atoms with Crippen LogP contribution in [0.5, 0.6) is 0 Å². The predicted molar refractivity (Wildman–Crippen MR) is 114 cm³/mol. The van der Waals surface area contributed by atoms with Crippen LogP contribution in [0.3, 0.4) is 0 Å². The summed E-state index contributed by atoms with van der Waals surface area (Å²) in [5, 5.41) is 0. The van der Waals surface area contributed by atoms with E-state index in [9.17, 15) is 0 Å². The molecule has 2 nitrogen and oxygen atoms in total. The van der Waals surface area contributed by atoms with Crippen LogP contribution in [0.2, 0.25) is 0 Å². The predicted octanol–water partition coefficient (Wildman–Crippen LogP) is 5.92. The maximum absolute atomic E-state index is 4.95. The number of aryl methyl sites for hydroxylation is 2. The van der Waals surface area contributed by atoms with Crippen LogP contribution in [0.25, 0.3) is 22.5 Å². The number of rotatable bonds is 1. The minimum atomic E-state index is 0.817. The van der Waals surface area contributed by atoms with Crippen molar-refractivity contribution in [1.82, 2.24) is 9.97 Å². The Morgan fingerprint density at radius 2 is 1.11 bits per heavy atom. The zero-order valence-corrected chi connectivity index (χ0v) is 16.2. The molecule has 3 aromatic carbocycles. The van der Waals surface area contributed by atoms with Crippen molar-refractivity contribution in [3.63, 3.8) is 0 Å². The molecule has 1 aromatic heterocycles. The minimum Gasteiger partial charge on any atom is -0.233 e. The first-order valence-corrected chi connectivity index (χ1v) is 9.77. The van der Waals surface area contributed by atoms with Crippen LogP contribution in [-0.2, 0) is 12.8 Å². The molecule has 5 rings (SSSR count). The third-order valence-electron chi connectivity index (χ3n) is 5.38. The van der Waals surface area contributed by atoms with Gasteiger partial charge in [0.05, 0.1) is 0 Å². The lowest BCUT2D eigenvalue weighted by molar-refractivity contribution is 0.981. The second-order valence-electron chi connectivity index (χ2n) is 7.72. The summed E-state index contributed by atoms with van der Waals surface area (Å²) in [6, 6.07) is 26.1. The van der Waals surface area contributed by atoms with Gasteiger partial charge < -0.3 is 0 Å². The van der Waals surface area contributed by atoms with Crippen molar-refractivity contribution < 1.29 is 0 Å². The molecule has 2 heteroatoms. The topological polar surface area (TPSA) is 25.8 Å². The second kappa shape index (κ2) is 6.72. The number of hydrogen-bond acceptors (Lipinski definition) is 2. The summed E-state index contributed by atoms with van der Waals surface area (Å²) in [6.07, 6.45) is 1.63. The number of hydrogen-bond donors (Lipinski definition) is 0. The van der Waals surface area contributed by atoms with E-state index >= 15 is 0 Å². The molecule has 28 heavy (non-hydrogen) atoms. The Hall–Kier alpha value is -3.26. The molecule has 0 saturated heterocycles. The molecule has 0 N–H and O–H groups in total. The van der Waals surface area contributed by atoms with Gasteiger partial charge in [-0.25, -0.2) is 9.97 Å². The Labute approximate surface area is 165 Å². The molecule has 0 amide bonds. The van der Waals surface area contributed by atoms with Crippen molar-refractivity contribution in [2.24, 2.45) is 0 Å². The molecule has 1 aliphatic carbocycles. The average molecular weight is 362 g/mol. The Bertz CT molecular complexity index is 1100. The van der Waals surface area contributed by atoms with E-state index in [1.807, 2.05) is 0 Å². The highest BCUT2D eigenvalue weighted by Crippen LogP contribution is 2.32. The first kappa shape index (κ1) is 16.9. The Morgan fingerprint density at radius 1 is 0.607 bits per heavy atom. The van der Waals surface area contributed by atoms with Crippen molar-refractivity contribution in [2.75, 3.05) is 0 Å². The zero-order valence-electron chi connectivity index (χ0n) is 16.2. The van der Waals surface area contributed by atoms with E-state index in [1.54, 1.807) is 0 Å². The van der Waals surface area contributed by atoms with Gasteiger partial charge in [0.15, 0.2) is 5.82 Å². The highest BCUT2D eigenvalue weighted by molar-refractivity contribution is 5.72. The van der Waals surface area contributed by atoms with Crippen molar-refractivity contribution in [1.29, 1.82) is 0 Å². The van der Waals surface area contributed by atoms with Crippen LogP contribution < -0.4 is 0 Å². The Balaban J connectivity index is 1.72. The smallest absolute Gasteiger partial charge is 0.159 e. The van der Waals surface area contributed by atoms with Gasteiger partial charge >= 0.3 is 0 Å². The monoisotopic (exact) mass is 362 g/mol.